The zero-order valence-corrected chi connectivity index (χ0v) is 33.3. The van der Waals surface area contributed by atoms with Crippen molar-refractivity contribution in [2.45, 2.75) is 5.92 Å². The highest BCUT2D eigenvalue weighted by atomic mass is 15.0. The summed E-state index contributed by atoms with van der Waals surface area (Å²) in [5.74, 6) is 0.0729. The molecule has 0 saturated heterocycles. The van der Waals surface area contributed by atoms with Crippen LogP contribution in [-0.4, -0.2) is 9.13 Å². The molecule has 0 amide bonds. The Morgan fingerprint density at radius 2 is 0.918 bits per heavy atom. The van der Waals surface area contributed by atoms with Crippen LogP contribution in [0.5, 0.6) is 0 Å². The van der Waals surface area contributed by atoms with E-state index in [1.807, 2.05) is 0 Å². The van der Waals surface area contributed by atoms with Gasteiger partial charge in [0.05, 0.1) is 27.8 Å². The standard InChI is InChI=1S/C59H38N2/c1-3-14-38(15-4-1)39-26-28-41(29-27-39)57-47-32-30-42(36-50(47)48-33-35-56-58(59(48)57)49-22-10-12-24-54(49)60(56)44-18-5-2-6-19-44)43-31-34-55-51(37-43)46-21-9-11-23-53(46)61(55)52-25-13-17-40-16-7-8-20-45(40)52/h1-37,57H. The van der Waals surface area contributed by atoms with Crippen LogP contribution in [0.4, 0.5) is 0 Å². The van der Waals surface area contributed by atoms with Gasteiger partial charge in [0, 0.05) is 38.5 Å². The van der Waals surface area contributed by atoms with E-state index in [1.165, 1.54) is 116 Å². The van der Waals surface area contributed by atoms with Crippen molar-refractivity contribution in [3.63, 3.8) is 0 Å². The predicted octanol–water partition coefficient (Wildman–Crippen LogP) is 15.5. The van der Waals surface area contributed by atoms with Gasteiger partial charge < -0.3 is 9.13 Å². The number of fused-ring (bicyclic) bond motifs is 11. The van der Waals surface area contributed by atoms with E-state index in [0.717, 1.165) is 0 Å². The Kier molecular flexibility index (Phi) is 7.40. The minimum atomic E-state index is 0.0729. The number of nitrogens with zero attached hydrogens (tertiary/aromatic N) is 2. The number of aromatic nitrogens is 2. The van der Waals surface area contributed by atoms with Crippen molar-refractivity contribution in [1.82, 2.24) is 9.13 Å². The number of hydrogen-bond donors (Lipinski definition) is 0. The summed E-state index contributed by atoms with van der Waals surface area (Å²) in [6.07, 6.45) is 0. The second-order valence-electron chi connectivity index (χ2n) is 16.4. The topological polar surface area (TPSA) is 9.86 Å². The molecule has 0 bridgehead atoms. The van der Waals surface area contributed by atoms with Crippen molar-refractivity contribution >= 4 is 54.4 Å². The molecule has 2 heterocycles. The molecule has 2 aromatic heterocycles. The first-order chi connectivity index (χ1) is 30.3. The maximum atomic E-state index is 2.46. The Morgan fingerprint density at radius 3 is 1.74 bits per heavy atom. The van der Waals surface area contributed by atoms with Crippen molar-refractivity contribution in [3.05, 3.63) is 241 Å². The Balaban J connectivity index is 1.02. The average molecular weight is 775 g/mol. The van der Waals surface area contributed by atoms with Crippen molar-refractivity contribution < 1.29 is 0 Å². The molecule has 61 heavy (non-hydrogen) atoms. The fourth-order valence-electron chi connectivity index (χ4n) is 10.5. The second kappa shape index (κ2) is 13.3. The molecule has 0 N–H and O–H groups in total. The third-order valence-electron chi connectivity index (χ3n) is 13.2. The van der Waals surface area contributed by atoms with Crippen molar-refractivity contribution in [2.24, 2.45) is 0 Å². The maximum absolute atomic E-state index is 2.46. The van der Waals surface area contributed by atoms with Gasteiger partial charge in [-0.05, 0) is 110 Å². The summed E-state index contributed by atoms with van der Waals surface area (Å²) in [4.78, 5) is 0. The number of benzene rings is 10. The minimum Gasteiger partial charge on any atom is -0.309 e. The first-order valence-corrected chi connectivity index (χ1v) is 21.2. The summed E-state index contributed by atoms with van der Waals surface area (Å²) in [5.41, 5.74) is 18.8. The summed E-state index contributed by atoms with van der Waals surface area (Å²) >= 11 is 0. The third kappa shape index (κ3) is 5.09. The lowest BCUT2D eigenvalue weighted by atomic mass is 9.86. The van der Waals surface area contributed by atoms with E-state index in [4.69, 9.17) is 0 Å². The Morgan fingerprint density at radius 1 is 0.328 bits per heavy atom. The van der Waals surface area contributed by atoms with Gasteiger partial charge in [0.1, 0.15) is 0 Å². The molecule has 0 radical (unpaired) electrons. The molecule has 284 valence electrons. The monoisotopic (exact) mass is 774 g/mol. The number of hydrogen-bond acceptors (Lipinski definition) is 0. The van der Waals surface area contributed by atoms with E-state index in [-0.39, 0.29) is 5.92 Å². The zero-order chi connectivity index (χ0) is 40.0. The van der Waals surface area contributed by atoms with E-state index in [9.17, 15) is 0 Å². The summed E-state index contributed by atoms with van der Waals surface area (Å²) < 4.78 is 4.89. The summed E-state index contributed by atoms with van der Waals surface area (Å²) in [6.45, 7) is 0. The fraction of sp³-hybridized carbons (Fsp3) is 0.0169. The third-order valence-corrected chi connectivity index (χ3v) is 13.2. The van der Waals surface area contributed by atoms with Crippen LogP contribution in [0.15, 0.2) is 224 Å². The highest BCUT2D eigenvalue weighted by Gasteiger charge is 2.34. The quantitative estimate of drug-likeness (QED) is 0.165. The molecule has 1 atom stereocenters. The number of para-hydroxylation sites is 3. The lowest BCUT2D eigenvalue weighted by molar-refractivity contribution is 1.03. The molecule has 0 fully saturated rings. The van der Waals surface area contributed by atoms with Gasteiger partial charge >= 0.3 is 0 Å². The summed E-state index contributed by atoms with van der Waals surface area (Å²) in [6, 6.07) is 82.9. The molecule has 2 heteroatoms. The zero-order valence-electron chi connectivity index (χ0n) is 33.3. The molecular weight excluding hydrogens is 737 g/mol. The Bertz CT molecular complexity index is 3680. The van der Waals surface area contributed by atoms with Gasteiger partial charge in [-0.25, -0.2) is 0 Å². The minimum absolute atomic E-state index is 0.0729. The van der Waals surface area contributed by atoms with Gasteiger partial charge in [-0.3, -0.25) is 0 Å². The van der Waals surface area contributed by atoms with Crippen LogP contribution in [0, 0.1) is 0 Å². The Labute approximate surface area is 353 Å². The molecule has 12 aromatic rings. The second-order valence-corrected chi connectivity index (χ2v) is 16.4. The number of rotatable bonds is 5. The maximum Gasteiger partial charge on any atom is 0.0544 e. The fourth-order valence-corrected chi connectivity index (χ4v) is 10.5. The molecule has 0 saturated carbocycles. The smallest absolute Gasteiger partial charge is 0.0544 e. The van der Waals surface area contributed by atoms with Gasteiger partial charge in [-0.2, -0.15) is 0 Å². The van der Waals surface area contributed by atoms with E-state index >= 15 is 0 Å². The highest BCUT2D eigenvalue weighted by Crippen LogP contribution is 2.54. The molecule has 0 aliphatic heterocycles. The van der Waals surface area contributed by atoms with Crippen molar-refractivity contribution in [1.29, 1.82) is 0 Å². The van der Waals surface area contributed by atoms with Crippen LogP contribution < -0.4 is 0 Å². The van der Waals surface area contributed by atoms with Crippen LogP contribution in [0.25, 0.3) is 99.1 Å². The average Bonchev–Trinajstić information content (AvgIpc) is 3.97. The van der Waals surface area contributed by atoms with Gasteiger partial charge in [0.25, 0.3) is 0 Å². The van der Waals surface area contributed by atoms with Crippen molar-refractivity contribution in [2.75, 3.05) is 0 Å². The van der Waals surface area contributed by atoms with E-state index in [0.29, 0.717) is 0 Å². The van der Waals surface area contributed by atoms with Gasteiger partial charge in [-0.15, -0.1) is 0 Å². The van der Waals surface area contributed by atoms with Crippen LogP contribution in [0.3, 0.4) is 0 Å². The molecule has 13 rings (SSSR count). The molecule has 1 unspecified atom stereocenters. The van der Waals surface area contributed by atoms with Gasteiger partial charge in [-0.1, -0.05) is 170 Å². The van der Waals surface area contributed by atoms with Gasteiger partial charge in [0.15, 0.2) is 0 Å². The lowest BCUT2D eigenvalue weighted by Crippen LogP contribution is -2.00. The van der Waals surface area contributed by atoms with Crippen LogP contribution in [0.2, 0.25) is 0 Å². The van der Waals surface area contributed by atoms with Crippen LogP contribution in [0.1, 0.15) is 22.6 Å². The Hall–Kier alpha value is -7.94. The molecular formula is C59H38N2. The highest BCUT2D eigenvalue weighted by molar-refractivity contribution is 6.15. The van der Waals surface area contributed by atoms with E-state index in [1.54, 1.807) is 0 Å². The molecule has 2 nitrogen and oxygen atoms in total. The van der Waals surface area contributed by atoms with E-state index in [2.05, 4.69) is 234 Å². The SMILES string of the molecule is c1ccc(-c2ccc(C3c4ccc(-c5ccc6c(c5)c5ccccc5n6-c5cccc6ccccc56)cc4-c4ccc5c(c43)c3ccccc3n5-c3ccccc3)cc2)cc1. The van der Waals surface area contributed by atoms with Gasteiger partial charge in [0.2, 0.25) is 0 Å². The molecule has 1 aliphatic carbocycles. The molecule has 1 aliphatic rings. The van der Waals surface area contributed by atoms with Crippen molar-refractivity contribution in [3.8, 4) is 44.8 Å². The first-order valence-electron chi connectivity index (χ1n) is 21.2. The summed E-state index contributed by atoms with van der Waals surface area (Å²) in [7, 11) is 0. The van der Waals surface area contributed by atoms with Crippen LogP contribution in [-0.2, 0) is 0 Å². The van der Waals surface area contributed by atoms with Crippen LogP contribution >= 0.6 is 0 Å². The molecule has 10 aromatic carbocycles. The lowest BCUT2D eigenvalue weighted by Gasteiger charge is -2.17. The molecule has 0 spiro atoms. The normalized spacial score (nSPS) is 13.4. The largest absolute Gasteiger partial charge is 0.309 e. The first kappa shape index (κ1) is 34.0. The predicted molar refractivity (Wildman–Crippen MR) is 256 cm³/mol. The van der Waals surface area contributed by atoms with E-state index < -0.39 is 0 Å². The summed E-state index contributed by atoms with van der Waals surface area (Å²) in [5, 5.41) is 7.62.